The molecular weight excluding hydrogens is 364 g/mol. The molecular formula is C21H23ClN2O3. The molecule has 6 heteroatoms. The number of fused-ring (bicyclic) bond motifs is 1. The highest BCUT2D eigenvalue weighted by Crippen LogP contribution is 2.49. The van der Waals surface area contributed by atoms with Crippen LogP contribution in [0, 0.1) is 11.8 Å². The van der Waals surface area contributed by atoms with E-state index in [1.807, 2.05) is 41.3 Å². The standard InChI is InChI=1S/C21H23ClN2O3/c1-27-19-7-2-4-16(8-19)21(26)10-14-12-24(13-15(14)11-21)20(25)23-18-6-3-5-17(22)9-18/h2-9,14-15,26H,10-13H2,1H3,(H,23,25). The number of halogens is 1. The first-order valence-corrected chi connectivity index (χ1v) is 9.53. The second-order valence-electron chi connectivity index (χ2n) is 7.54. The quantitative estimate of drug-likeness (QED) is 0.834. The Hall–Kier alpha value is -2.24. The van der Waals surface area contributed by atoms with Crippen LogP contribution >= 0.6 is 11.6 Å². The van der Waals surface area contributed by atoms with E-state index in [1.165, 1.54) is 0 Å². The number of carbonyl (C=O) groups excluding carboxylic acids is 1. The van der Waals surface area contributed by atoms with Gasteiger partial charge < -0.3 is 20.1 Å². The number of carbonyl (C=O) groups is 1. The van der Waals surface area contributed by atoms with Crippen LogP contribution in [0.15, 0.2) is 48.5 Å². The van der Waals surface area contributed by atoms with Gasteiger partial charge in [-0.3, -0.25) is 0 Å². The SMILES string of the molecule is COc1cccc(C2(O)CC3CN(C(=O)Nc4cccc(Cl)c4)CC3C2)c1. The molecule has 0 aromatic heterocycles. The summed E-state index contributed by atoms with van der Waals surface area (Å²) in [4.78, 5) is 14.4. The Morgan fingerprint density at radius 2 is 1.89 bits per heavy atom. The summed E-state index contributed by atoms with van der Waals surface area (Å²) in [6.45, 7) is 1.31. The van der Waals surface area contributed by atoms with Crippen LogP contribution in [0.1, 0.15) is 18.4 Å². The summed E-state index contributed by atoms with van der Waals surface area (Å²) in [7, 11) is 1.63. The number of nitrogens with zero attached hydrogens (tertiary/aromatic N) is 1. The first kappa shape index (κ1) is 18.1. The first-order chi connectivity index (χ1) is 13.0. The maximum Gasteiger partial charge on any atom is 0.321 e. The van der Waals surface area contributed by atoms with E-state index in [0.717, 1.165) is 11.3 Å². The van der Waals surface area contributed by atoms with E-state index in [0.29, 0.717) is 48.5 Å². The van der Waals surface area contributed by atoms with E-state index in [2.05, 4.69) is 5.32 Å². The lowest BCUT2D eigenvalue weighted by Gasteiger charge is -2.27. The Bertz CT molecular complexity index is 843. The molecule has 5 nitrogen and oxygen atoms in total. The Balaban J connectivity index is 1.41. The Labute approximate surface area is 163 Å². The van der Waals surface area contributed by atoms with Crippen LogP contribution < -0.4 is 10.1 Å². The van der Waals surface area contributed by atoms with Crippen molar-refractivity contribution in [3.05, 3.63) is 59.1 Å². The third-order valence-corrected chi connectivity index (χ3v) is 5.98. The Morgan fingerprint density at radius 1 is 1.19 bits per heavy atom. The number of aliphatic hydroxyl groups is 1. The Kier molecular flexibility index (Phi) is 4.74. The number of methoxy groups -OCH3 is 1. The summed E-state index contributed by atoms with van der Waals surface area (Å²) in [5, 5.41) is 14.7. The number of hydrogen-bond donors (Lipinski definition) is 2. The zero-order chi connectivity index (χ0) is 19.0. The molecule has 2 aromatic carbocycles. The molecule has 2 aliphatic rings. The van der Waals surface area contributed by atoms with Crippen molar-refractivity contribution in [3.8, 4) is 5.75 Å². The minimum Gasteiger partial charge on any atom is -0.497 e. The maximum absolute atomic E-state index is 12.6. The smallest absolute Gasteiger partial charge is 0.321 e. The average molecular weight is 387 g/mol. The number of amides is 2. The largest absolute Gasteiger partial charge is 0.497 e. The number of ether oxygens (including phenoxy) is 1. The molecule has 2 amide bonds. The summed E-state index contributed by atoms with van der Waals surface area (Å²) in [5.41, 5.74) is 0.739. The summed E-state index contributed by atoms with van der Waals surface area (Å²) >= 11 is 5.98. The number of nitrogens with one attached hydrogen (secondary N) is 1. The van der Waals surface area contributed by atoms with Crippen LogP contribution in [0.5, 0.6) is 5.75 Å². The molecule has 1 aliphatic carbocycles. The summed E-state index contributed by atoms with van der Waals surface area (Å²) in [5.74, 6) is 1.35. The topological polar surface area (TPSA) is 61.8 Å². The molecule has 0 spiro atoms. The molecule has 1 heterocycles. The fourth-order valence-electron chi connectivity index (χ4n) is 4.43. The van der Waals surface area contributed by atoms with E-state index >= 15 is 0 Å². The normalized spacial score (nSPS) is 26.7. The van der Waals surface area contributed by atoms with Crippen molar-refractivity contribution in [1.82, 2.24) is 4.90 Å². The second-order valence-corrected chi connectivity index (χ2v) is 7.97. The number of urea groups is 1. The number of hydrogen-bond acceptors (Lipinski definition) is 3. The maximum atomic E-state index is 12.6. The van der Waals surface area contributed by atoms with Gasteiger partial charge in [0, 0.05) is 23.8 Å². The van der Waals surface area contributed by atoms with Gasteiger partial charge in [-0.25, -0.2) is 4.79 Å². The minimum absolute atomic E-state index is 0.114. The molecule has 0 bridgehead atoms. The molecule has 2 aromatic rings. The number of rotatable bonds is 3. The van der Waals surface area contributed by atoms with Crippen LogP contribution in [0.4, 0.5) is 10.5 Å². The lowest BCUT2D eigenvalue weighted by Crippen LogP contribution is -2.35. The van der Waals surface area contributed by atoms with Crippen LogP contribution in [0.25, 0.3) is 0 Å². The zero-order valence-electron chi connectivity index (χ0n) is 15.2. The molecule has 142 valence electrons. The minimum atomic E-state index is -0.848. The second kappa shape index (κ2) is 7.06. The summed E-state index contributed by atoms with van der Waals surface area (Å²) in [6, 6.07) is 14.7. The van der Waals surface area contributed by atoms with Gasteiger partial charge in [0.1, 0.15) is 5.75 Å². The third-order valence-electron chi connectivity index (χ3n) is 5.75. The van der Waals surface area contributed by atoms with Gasteiger partial charge in [-0.2, -0.15) is 0 Å². The molecule has 1 saturated carbocycles. The molecule has 1 saturated heterocycles. The van der Waals surface area contributed by atoms with Gasteiger partial charge in [-0.1, -0.05) is 29.8 Å². The molecule has 2 N–H and O–H groups in total. The predicted octanol–water partition coefficient (Wildman–Crippen LogP) is 4.11. The van der Waals surface area contributed by atoms with E-state index in [4.69, 9.17) is 16.3 Å². The molecule has 2 atom stereocenters. The predicted molar refractivity (Wildman–Crippen MR) is 105 cm³/mol. The lowest BCUT2D eigenvalue weighted by molar-refractivity contribution is 0.0326. The summed E-state index contributed by atoms with van der Waals surface area (Å²) < 4.78 is 5.29. The molecule has 27 heavy (non-hydrogen) atoms. The van der Waals surface area contributed by atoms with E-state index in [1.54, 1.807) is 19.2 Å². The van der Waals surface area contributed by atoms with Gasteiger partial charge >= 0.3 is 6.03 Å². The van der Waals surface area contributed by atoms with E-state index < -0.39 is 5.60 Å². The van der Waals surface area contributed by atoms with Crippen LogP contribution in [-0.2, 0) is 5.60 Å². The van der Waals surface area contributed by atoms with Crippen LogP contribution in [0.3, 0.4) is 0 Å². The third kappa shape index (κ3) is 3.62. The van der Waals surface area contributed by atoms with Gasteiger partial charge in [0.25, 0.3) is 0 Å². The van der Waals surface area contributed by atoms with Crippen molar-refractivity contribution in [2.45, 2.75) is 18.4 Å². The lowest BCUT2D eigenvalue weighted by atomic mass is 9.90. The van der Waals surface area contributed by atoms with Crippen molar-refractivity contribution < 1.29 is 14.6 Å². The molecule has 1 aliphatic heterocycles. The van der Waals surface area contributed by atoms with Crippen molar-refractivity contribution in [1.29, 1.82) is 0 Å². The molecule has 2 fully saturated rings. The van der Waals surface area contributed by atoms with Crippen molar-refractivity contribution in [2.24, 2.45) is 11.8 Å². The fraction of sp³-hybridized carbons (Fsp3) is 0.381. The van der Waals surface area contributed by atoms with Crippen molar-refractivity contribution in [3.63, 3.8) is 0 Å². The summed E-state index contributed by atoms with van der Waals surface area (Å²) in [6.07, 6.45) is 1.32. The average Bonchev–Trinajstić information content (AvgIpc) is 3.18. The van der Waals surface area contributed by atoms with Gasteiger partial charge in [-0.15, -0.1) is 0 Å². The molecule has 4 rings (SSSR count). The highest BCUT2D eigenvalue weighted by atomic mass is 35.5. The Morgan fingerprint density at radius 3 is 2.56 bits per heavy atom. The van der Waals surface area contributed by atoms with Crippen LogP contribution in [-0.4, -0.2) is 36.2 Å². The number of benzene rings is 2. The number of likely N-dealkylation sites (tertiary alicyclic amines) is 1. The number of anilines is 1. The fourth-order valence-corrected chi connectivity index (χ4v) is 4.63. The van der Waals surface area contributed by atoms with Gasteiger partial charge in [-0.05, 0) is 60.6 Å². The zero-order valence-corrected chi connectivity index (χ0v) is 15.9. The van der Waals surface area contributed by atoms with E-state index in [-0.39, 0.29) is 6.03 Å². The molecule has 2 unspecified atom stereocenters. The molecule has 0 radical (unpaired) electrons. The van der Waals surface area contributed by atoms with Crippen LogP contribution in [0.2, 0.25) is 5.02 Å². The highest BCUT2D eigenvalue weighted by molar-refractivity contribution is 6.30. The van der Waals surface area contributed by atoms with Crippen molar-refractivity contribution in [2.75, 3.05) is 25.5 Å². The van der Waals surface area contributed by atoms with Gasteiger partial charge in [0.2, 0.25) is 0 Å². The van der Waals surface area contributed by atoms with Gasteiger partial charge in [0.05, 0.1) is 12.7 Å². The first-order valence-electron chi connectivity index (χ1n) is 9.15. The van der Waals surface area contributed by atoms with E-state index in [9.17, 15) is 9.90 Å². The monoisotopic (exact) mass is 386 g/mol. The highest BCUT2D eigenvalue weighted by Gasteiger charge is 2.50. The van der Waals surface area contributed by atoms with Gasteiger partial charge in [0.15, 0.2) is 0 Å². The van der Waals surface area contributed by atoms with Crippen molar-refractivity contribution >= 4 is 23.3 Å².